The van der Waals surface area contributed by atoms with Gasteiger partial charge in [0.15, 0.2) is 0 Å². The lowest BCUT2D eigenvalue weighted by molar-refractivity contribution is 0.674. The van der Waals surface area contributed by atoms with E-state index in [0.29, 0.717) is 0 Å². The van der Waals surface area contributed by atoms with Gasteiger partial charge in [0, 0.05) is 270 Å². The second kappa shape index (κ2) is 5.16. The van der Waals surface area contributed by atoms with Crippen molar-refractivity contribution in [2.45, 2.75) is 9.21 Å². The minimum absolute atomic E-state index is 0.941. The van der Waals surface area contributed by atoms with Gasteiger partial charge in [0.1, 0.15) is 5.41 Å². The van der Waals surface area contributed by atoms with E-state index < -0.39 is 9.21 Å². The average Bonchev–Trinajstić information content (AvgIpc) is 4.12. The zero-order chi connectivity index (χ0) is 38.1. The molecule has 29 aromatic carbocycles. The van der Waals surface area contributed by atoms with Crippen LogP contribution < -0.4 is 0 Å². The maximum atomic E-state index is 8.19. The Balaban J connectivity index is 1.31. The van der Waals surface area contributed by atoms with Gasteiger partial charge >= 0.3 is 0 Å². The van der Waals surface area contributed by atoms with E-state index in [1.807, 2.05) is 0 Å². The van der Waals surface area contributed by atoms with Crippen LogP contribution in [-0.4, -0.2) is 3.79 Å². The fraction of sp³-hybridized carbons (Fsp3) is 0.0328. The van der Waals surface area contributed by atoms with Gasteiger partial charge in [-0.05, 0) is 5.39 Å². The van der Waals surface area contributed by atoms with Crippen molar-refractivity contribution in [1.82, 2.24) is 0 Å². The fourth-order valence-corrected chi connectivity index (χ4v) is 24.2. The highest BCUT2D eigenvalue weighted by Crippen LogP contribution is 2.83. The Morgan fingerprint density at radius 3 is 0.594 bits per heavy atom. The van der Waals surface area contributed by atoms with Crippen LogP contribution in [0.15, 0.2) is 0 Å². The zero-order valence-corrected chi connectivity index (χ0v) is 33.9. The Labute approximate surface area is 360 Å². The summed E-state index contributed by atoms with van der Waals surface area (Å²) < 4.78 is -1.65. The molecule has 0 N–H and O–H groups in total. The van der Waals surface area contributed by atoms with Crippen LogP contribution in [0.25, 0.3) is 302 Å². The van der Waals surface area contributed by atoms with Crippen LogP contribution in [-0.2, 0) is 5.41 Å². The second-order valence-electron chi connectivity index (χ2n) is 23.4. The van der Waals surface area contributed by atoms with Gasteiger partial charge in [0.2, 0.25) is 3.79 Å². The van der Waals surface area contributed by atoms with Gasteiger partial charge in [-0.15, -0.1) is 0 Å². The van der Waals surface area contributed by atoms with E-state index in [2.05, 4.69) is 0 Å². The van der Waals surface area contributed by atoms with Crippen molar-refractivity contribution in [3.63, 3.8) is 0 Å². The van der Waals surface area contributed by atoms with E-state index in [0.717, 1.165) is 0 Å². The van der Waals surface area contributed by atoms with Crippen LogP contribution in [0, 0.1) is 0 Å². The first-order valence-corrected chi connectivity index (χ1v) is 24.5. The van der Waals surface area contributed by atoms with Crippen molar-refractivity contribution in [2.75, 3.05) is 0 Å². The Hall–Kier alpha value is -6.80. The van der Waals surface area contributed by atoms with E-state index in [-0.39, 0.29) is 0 Å². The predicted molar refractivity (Wildman–Crippen MR) is 277 cm³/mol. The molecular formula is C61Cl3+. The molecule has 64 heavy (non-hydrogen) atoms. The standard InChI is InChI=1S/C61Cl3/c62-61(63,64)60-57-53-47-33-25-17-5-2-1-3-6(5)18-20-16-10(3)12-8-4(1)7-11-9(2)15-19(17)31(33)39-37-23(15)21(11)29-27-13(7)14(8)28-30-22(12)24(16)38-40-32(20)34(26(18)25)48(47)54(57)50(40)52-44(38)42(30)46-36(28)35(27)45-41(29)43(37)51(49(39)53)58(60)55(45)56(46)59(52)60/q+1. The van der Waals surface area contributed by atoms with E-state index >= 15 is 0 Å². The molecule has 0 nitrogen and oxygen atoms in total. The van der Waals surface area contributed by atoms with Gasteiger partial charge < -0.3 is 0 Å². The molecule has 0 radical (unpaired) electrons. The van der Waals surface area contributed by atoms with Crippen molar-refractivity contribution in [1.29, 1.82) is 0 Å². The summed E-state index contributed by atoms with van der Waals surface area (Å²) in [4.78, 5) is 0. The number of hydrogen-bond acceptors (Lipinski definition) is 0. The van der Waals surface area contributed by atoms with Crippen LogP contribution >= 0.6 is 34.8 Å². The van der Waals surface area contributed by atoms with Gasteiger partial charge in [0.25, 0.3) is 0 Å². The smallest absolute Gasteiger partial charge is 0.0810 e. The monoisotopic (exact) mass is 837 g/mol. The maximum absolute atomic E-state index is 8.19. The molecule has 0 saturated carbocycles. The van der Waals surface area contributed by atoms with Crippen LogP contribution in [0.2, 0.25) is 0 Å². The summed E-state index contributed by atoms with van der Waals surface area (Å²) in [7, 11) is 0. The van der Waals surface area contributed by atoms with Crippen LogP contribution in [0.1, 0.15) is 16.7 Å². The first-order chi connectivity index (χ1) is 31.6. The number of benzene rings is 18. The molecule has 29 aromatic rings. The Bertz CT molecular complexity index is 6540. The van der Waals surface area contributed by atoms with Gasteiger partial charge in [0.05, 0.1) is 43.3 Å². The van der Waals surface area contributed by atoms with E-state index in [9.17, 15) is 0 Å². The summed E-state index contributed by atoms with van der Waals surface area (Å²) in [6.45, 7) is 0. The van der Waals surface area contributed by atoms with Crippen molar-refractivity contribution < 1.29 is 0 Å². The quantitative estimate of drug-likeness (QED) is 0.0811. The number of hydrogen-bond donors (Lipinski definition) is 0. The number of alkyl halides is 3. The summed E-state index contributed by atoms with van der Waals surface area (Å²) in [6, 6.07) is 0. The lowest BCUT2D eigenvalue weighted by atomic mass is 9.64. The second-order valence-corrected chi connectivity index (χ2v) is 25.7. The summed E-state index contributed by atoms with van der Waals surface area (Å²) in [5.41, 5.74) is 3.13. The summed E-state index contributed by atoms with van der Waals surface area (Å²) in [6.07, 6.45) is 0. The summed E-state index contributed by atoms with van der Waals surface area (Å²) in [5.74, 6) is 0. The van der Waals surface area contributed by atoms with Crippen molar-refractivity contribution >= 4 is 336 Å². The molecule has 0 bridgehead atoms. The first kappa shape index (κ1) is 23.8. The molecule has 0 atom stereocenters. The third kappa shape index (κ3) is 1.20. The molecular weight excluding hydrogens is 839 g/mol. The molecule has 0 spiro atoms. The molecule has 0 amide bonds. The topological polar surface area (TPSA) is 0 Å². The lowest BCUT2D eigenvalue weighted by Crippen LogP contribution is -2.42. The maximum Gasteiger partial charge on any atom is 0.215 e. The average molecular weight is 839 g/mol. The molecule has 0 fully saturated rings. The number of halogens is 3. The minimum Gasteiger partial charge on any atom is -0.0810 e. The molecule has 3 aliphatic rings. The third-order valence-corrected chi connectivity index (χ3v) is 24.2. The van der Waals surface area contributed by atoms with Gasteiger partial charge in [-0.1, -0.05) is 34.8 Å². The van der Waals surface area contributed by atoms with Crippen molar-refractivity contribution in [2.24, 2.45) is 0 Å². The summed E-state index contributed by atoms with van der Waals surface area (Å²) in [5, 5.41) is 87.1. The van der Waals surface area contributed by atoms with Gasteiger partial charge in [-0.2, -0.15) is 0 Å². The Kier molecular flexibility index (Phi) is 1.92. The molecule has 0 heterocycles. The third-order valence-electron chi connectivity index (χ3n) is 23.3. The van der Waals surface area contributed by atoms with Crippen molar-refractivity contribution in [3.05, 3.63) is 16.7 Å². The lowest BCUT2D eigenvalue weighted by Gasteiger charge is -2.40. The molecule has 32 rings (SSSR count). The SMILES string of the molecule is ClC(Cl)(Cl)C12c3c4c5c6c1c1c7c8c6c6c5c5c9c4c4c3c3c%10c%11c4c4c9c9c5c5c6c6c8c8c7c7c%12c%13c8c8c6c5c5c9c6c4c%11c4c9c6c5c8c%13c9c5c4c%10c4c(c5%12)c7c1[c+]2c34. The van der Waals surface area contributed by atoms with Gasteiger partial charge in [-0.25, -0.2) is 0 Å². The van der Waals surface area contributed by atoms with E-state index in [1.54, 1.807) is 226 Å². The molecule has 0 saturated heterocycles. The Morgan fingerprint density at radius 1 is 0.188 bits per heavy atom. The highest BCUT2D eigenvalue weighted by molar-refractivity contribution is 6.84. The van der Waals surface area contributed by atoms with Gasteiger partial charge in [-0.3, -0.25) is 0 Å². The van der Waals surface area contributed by atoms with Crippen molar-refractivity contribution in [3.8, 4) is 0 Å². The molecule has 0 unspecified atom stereocenters. The number of rotatable bonds is 0. The normalized spacial score (nSPS) is 20.5. The van der Waals surface area contributed by atoms with E-state index in [1.165, 1.54) is 92.1 Å². The first-order valence-electron chi connectivity index (χ1n) is 23.3. The van der Waals surface area contributed by atoms with Crippen LogP contribution in [0.3, 0.4) is 0 Å². The molecule has 3 aliphatic carbocycles. The highest BCUT2D eigenvalue weighted by atomic mass is 35.6. The highest BCUT2D eigenvalue weighted by Gasteiger charge is 2.68. The molecule has 0 aliphatic heterocycles. The fourth-order valence-electron chi connectivity index (χ4n) is 23.3. The largest absolute Gasteiger partial charge is 0.215 e. The summed E-state index contributed by atoms with van der Waals surface area (Å²) >= 11 is 24.6. The molecule has 3 heteroatoms. The predicted octanol–water partition coefficient (Wildman–Crippen LogP) is 18.7. The molecule has 0 aromatic heterocycles. The zero-order valence-electron chi connectivity index (χ0n) is 31.6. The van der Waals surface area contributed by atoms with Crippen LogP contribution in [0.5, 0.6) is 0 Å². The molecule has 264 valence electrons. The minimum atomic E-state index is -1.65. The van der Waals surface area contributed by atoms with Crippen LogP contribution in [0.4, 0.5) is 0 Å². The Morgan fingerprint density at radius 2 is 0.328 bits per heavy atom. The van der Waals surface area contributed by atoms with E-state index in [4.69, 9.17) is 34.8 Å².